The Labute approximate surface area is 125 Å². The summed E-state index contributed by atoms with van der Waals surface area (Å²) in [4.78, 5) is 33.2. The zero-order chi connectivity index (χ0) is 15.7. The van der Waals surface area contributed by atoms with Crippen LogP contribution in [-0.4, -0.2) is 31.7 Å². The molecule has 0 spiro atoms. The molecular weight excluding hydrogens is 284 g/mol. The van der Waals surface area contributed by atoms with Crippen molar-refractivity contribution in [2.24, 2.45) is 0 Å². The molecule has 0 atom stereocenters. The fourth-order valence-corrected chi connectivity index (χ4v) is 2.27. The summed E-state index contributed by atoms with van der Waals surface area (Å²) in [6.07, 6.45) is 3.31. The lowest BCUT2D eigenvalue weighted by Crippen LogP contribution is -2.29. The van der Waals surface area contributed by atoms with Crippen LogP contribution in [0, 0.1) is 6.92 Å². The van der Waals surface area contributed by atoms with Gasteiger partial charge >= 0.3 is 5.97 Å². The number of hydrogen-bond acceptors (Lipinski definition) is 5. The summed E-state index contributed by atoms with van der Waals surface area (Å²) >= 11 is 0. The molecule has 0 amide bonds. The molecule has 0 saturated heterocycles. The first-order chi connectivity index (χ1) is 10.6. The van der Waals surface area contributed by atoms with Gasteiger partial charge in [-0.15, -0.1) is 0 Å². The van der Waals surface area contributed by atoms with Crippen LogP contribution < -0.4 is 5.56 Å². The first-order valence-corrected chi connectivity index (χ1v) is 6.83. The number of rotatable bonds is 3. The minimum absolute atomic E-state index is 0.0600. The van der Waals surface area contributed by atoms with Crippen LogP contribution in [0.3, 0.4) is 0 Å². The number of ether oxygens (including phenoxy) is 1. The van der Waals surface area contributed by atoms with Crippen molar-refractivity contribution in [3.05, 3.63) is 58.3 Å². The number of carbonyl (C=O) groups excluding carboxylic acids is 1. The topological polar surface area (TPSA) is 78.5 Å². The molecule has 0 radical (unpaired) electrons. The molecule has 0 aromatic carbocycles. The average molecular weight is 298 g/mol. The Balaban J connectivity index is 2.29. The van der Waals surface area contributed by atoms with Gasteiger partial charge in [0.25, 0.3) is 5.56 Å². The molecule has 3 aromatic rings. The Morgan fingerprint density at radius 1 is 1.32 bits per heavy atom. The number of aromatic nitrogens is 4. The van der Waals surface area contributed by atoms with Crippen LogP contribution in [0.5, 0.6) is 0 Å². The quantitative estimate of drug-likeness (QED) is 0.682. The second-order valence-corrected chi connectivity index (χ2v) is 4.62. The highest BCUT2D eigenvalue weighted by Crippen LogP contribution is 2.09. The van der Waals surface area contributed by atoms with Crippen molar-refractivity contribution in [1.82, 2.24) is 19.2 Å². The van der Waals surface area contributed by atoms with Crippen LogP contribution in [0.2, 0.25) is 0 Å². The molecule has 7 heteroatoms. The van der Waals surface area contributed by atoms with E-state index in [-0.39, 0.29) is 12.2 Å². The molecule has 0 aliphatic rings. The summed E-state index contributed by atoms with van der Waals surface area (Å²) in [7, 11) is 0. The van der Waals surface area contributed by atoms with Gasteiger partial charge in [0.1, 0.15) is 5.56 Å². The highest BCUT2D eigenvalue weighted by atomic mass is 16.5. The highest BCUT2D eigenvalue weighted by Gasteiger charge is 2.20. The van der Waals surface area contributed by atoms with Gasteiger partial charge in [-0.1, -0.05) is 6.07 Å². The molecule has 3 aromatic heterocycles. The zero-order valence-electron chi connectivity index (χ0n) is 12.2. The fourth-order valence-electron chi connectivity index (χ4n) is 2.27. The first-order valence-electron chi connectivity index (χ1n) is 6.83. The van der Waals surface area contributed by atoms with E-state index in [4.69, 9.17) is 4.74 Å². The van der Waals surface area contributed by atoms with Crippen molar-refractivity contribution >= 4 is 11.6 Å². The number of hydrogen-bond donors (Lipinski definition) is 0. The number of aryl methyl sites for hydroxylation is 1. The highest BCUT2D eigenvalue weighted by molar-refractivity contribution is 5.90. The number of carbonyl (C=O) groups is 1. The predicted octanol–water partition coefficient (Wildman–Crippen LogP) is 1.37. The number of pyridine rings is 1. The van der Waals surface area contributed by atoms with E-state index in [0.29, 0.717) is 17.2 Å². The SMILES string of the molecule is CCOC(=O)c1c(C)nc2ccn(-c3ccccn3)n2c1=O. The van der Waals surface area contributed by atoms with Gasteiger partial charge in [-0.05, 0) is 26.0 Å². The lowest BCUT2D eigenvalue weighted by molar-refractivity contribution is 0.0522. The first kappa shape index (κ1) is 14.0. The third kappa shape index (κ3) is 2.16. The largest absolute Gasteiger partial charge is 0.462 e. The Morgan fingerprint density at radius 2 is 2.14 bits per heavy atom. The Hall–Kier alpha value is -2.96. The lowest BCUT2D eigenvalue weighted by atomic mass is 10.2. The van der Waals surface area contributed by atoms with Crippen molar-refractivity contribution in [1.29, 1.82) is 0 Å². The standard InChI is InChI=1S/C15H14N4O3/c1-3-22-15(21)13-10(2)17-12-7-9-18(19(12)14(13)20)11-6-4-5-8-16-11/h4-9H,3H2,1-2H3. The average Bonchev–Trinajstić information content (AvgIpc) is 2.92. The molecule has 0 bridgehead atoms. The van der Waals surface area contributed by atoms with Crippen molar-refractivity contribution in [2.75, 3.05) is 6.61 Å². The van der Waals surface area contributed by atoms with Crippen LogP contribution >= 0.6 is 0 Å². The van der Waals surface area contributed by atoms with Gasteiger partial charge in [-0.25, -0.2) is 19.4 Å². The third-order valence-corrected chi connectivity index (χ3v) is 3.21. The van der Waals surface area contributed by atoms with Gasteiger partial charge in [0.05, 0.1) is 12.3 Å². The second-order valence-electron chi connectivity index (χ2n) is 4.62. The van der Waals surface area contributed by atoms with E-state index in [9.17, 15) is 9.59 Å². The maximum atomic E-state index is 12.7. The van der Waals surface area contributed by atoms with Crippen molar-refractivity contribution in [2.45, 2.75) is 13.8 Å². The summed E-state index contributed by atoms with van der Waals surface area (Å²) in [6, 6.07) is 7.05. The molecule has 0 aliphatic carbocycles. The number of esters is 1. The second kappa shape index (κ2) is 5.44. The van der Waals surface area contributed by atoms with Gasteiger partial charge in [0.2, 0.25) is 0 Å². The van der Waals surface area contributed by atoms with Crippen LogP contribution in [0.1, 0.15) is 23.0 Å². The van der Waals surface area contributed by atoms with Crippen LogP contribution in [0.4, 0.5) is 0 Å². The zero-order valence-corrected chi connectivity index (χ0v) is 12.2. The van der Waals surface area contributed by atoms with Gasteiger partial charge in [0, 0.05) is 18.5 Å². The molecule has 0 N–H and O–H groups in total. The van der Waals surface area contributed by atoms with E-state index in [1.54, 1.807) is 49.1 Å². The monoisotopic (exact) mass is 298 g/mol. The third-order valence-electron chi connectivity index (χ3n) is 3.21. The van der Waals surface area contributed by atoms with Gasteiger partial charge < -0.3 is 4.74 Å². The Bertz CT molecular complexity index is 896. The molecular formula is C15H14N4O3. The Kier molecular flexibility index (Phi) is 3.46. The molecule has 22 heavy (non-hydrogen) atoms. The summed E-state index contributed by atoms with van der Waals surface area (Å²) in [6.45, 7) is 3.50. The minimum atomic E-state index is -0.666. The molecule has 3 heterocycles. The van der Waals surface area contributed by atoms with E-state index in [2.05, 4.69) is 9.97 Å². The van der Waals surface area contributed by atoms with E-state index in [1.807, 2.05) is 6.07 Å². The van der Waals surface area contributed by atoms with Crippen LogP contribution in [0.25, 0.3) is 11.5 Å². The van der Waals surface area contributed by atoms with Gasteiger partial charge in [-0.3, -0.25) is 4.79 Å². The summed E-state index contributed by atoms with van der Waals surface area (Å²) in [5.41, 5.74) is 0.259. The number of fused-ring (bicyclic) bond motifs is 1. The smallest absolute Gasteiger partial charge is 0.345 e. The molecule has 0 aliphatic heterocycles. The molecule has 0 saturated carbocycles. The minimum Gasteiger partial charge on any atom is -0.462 e. The fraction of sp³-hybridized carbons (Fsp3) is 0.200. The van der Waals surface area contributed by atoms with Gasteiger partial charge in [-0.2, -0.15) is 4.52 Å². The van der Waals surface area contributed by atoms with Crippen molar-refractivity contribution in [3.63, 3.8) is 0 Å². The molecule has 0 fully saturated rings. The molecule has 112 valence electrons. The summed E-state index contributed by atoms with van der Waals surface area (Å²) in [5, 5.41) is 0. The van der Waals surface area contributed by atoms with Gasteiger partial charge in [0.15, 0.2) is 11.5 Å². The Morgan fingerprint density at radius 3 is 2.82 bits per heavy atom. The lowest BCUT2D eigenvalue weighted by Gasteiger charge is -2.08. The van der Waals surface area contributed by atoms with E-state index < -0.39 is 11.5 Å². The molecule has 7 nitrogen and oxygen atoms in total. The van der Waals surface area contributed by atoms with Crippen molar-refractivity contribution in [3.8, 4) is 5.82 Å². The van der Waals surface area contributed by atoms with E-state index in [0.717, 1.165) is 0 Å². The summed E-state index contributed by atoms with van der Waals surface area (Å²) < 4.78 is 7.80. The molecule has 3 rings (SSSR count). The maximum absolute atomic E-state index is 12.7. The maximum Gasteiger partial charge on any atom is 0.345 e. The van der Waals surface area contributed by atoms with Crippen LogP contribution in [-0.2, 0) is 4.74 Å². The van der Waals surface area contributed by atoms with Crippen molar-refractivity contribution < 1.29 is 9.53 Å². The van der Waals surface area contributed by atoms with E-state index >= 15 is 0 Å². The van der Waals surface area contributed by atoms with Crippen LogP contribution in [0.15, 0.2) is 41.5 Å². The molecule has 0 unspecified atom stereocenters. The predicted molar refractivity (Wildman–Crippen MR) is 79.3 cm³/mol. The van der Waals surface area contributed by atoms with E-state index in [1.165, 1.54) is 4.52 Å². The normalized spacial score (nSPS) is 10.8. The number of nitrogens with zero attached hydrogens (tertiary/aromatic N) is 4. The summed E-state index contributed by atoms with van der Waals surface area (Å²) in [5.74, 6) is -0.110.